The van der Waals surface area contributed by atoms with Crippen LogP contribution in [0.3, 0.4) is 0 Å². The highest BCUT2D eigenvalue weighted by molar-refractivity contribution is 5.95. The van der Waals surface area contributed by atoms with E-state index >= 15 is 0 Å². The molecule has 0 aliphatic rings. The standard InChI is InChI=1S/C15H19NO2/c1-4-10(3)11-6-7-13-12(8-11)9-14(16-13)15(17)18-5-2/h6-10,16H,4-5H2,1-3H3/t10-/m0/s1. The molecule has 0 fully saturated rings. The molecule has 18 heavy (non-hydrogen) atoms. The summed E-state index contributed by atoms with van der Waals surface area (Å²) in [5, 5.41) is 1.07. The summed E-state index contributed by atoms with van der Waals surface area (Å²) in [5.74, 6) is 0.245. The molecule has 0 spiro atoms. The molecule has 96 valence electrons. The van der Waals surface area contributed by atoms with Crippen molar-refractivity contribution in [1.29, 1.82) is 0 Å². The van der Waals surface area contributed by atoms with Gasteiger partial charge in [-0.3, -0.25) is 0 Å². The summed E-state index contributed by atoms with van der Waals surface area (Å²) in [6.07, 6.45) is 1.11. The SMILES string of the molecule is CCOC(=O)c1cc2cc([C@@H](C)CC)ccc2[nH]1. The Labute approximate surface area is 107 Å². The average molecular weight is 245 g/mol. The first-order chi connectivity index (χ1) is 8.65. The molecule has 0 amide bonds. The van der Waals surface area contributed by atoms with E-state index in [0.717, 1.165) is 17.3 Å². The second kappa shape index (κ2) is 5.25. The zero-order valence-corrected chi connectivity index (χ0v) is 11.1. The minimum absolute atomic E-state index is 0.293. The second-order valence-corrected chi connectivity index (χ2v) is 4.56. The highest BCUT2D eigenvalue weighted by Crippen LogP contribution is 2.24. The van der Waals surface area contributed by atoms with Crippen LogP contribution in [-0.2, 0) is 4.74 Å². The largest absolute Gasteiger partial charge is 0.461 e. The van der Waals surface area contributed by atoms with Crippen molar-refractivity contribution < 1.29 is 9.53 Å². The summed E-state index contributed by atoms with van der Waals surface area (Å²) < 4.78 is 4.99. The van der Waals surface area contributed by atoms with Crippen molar-refractivity contribution in [2.45, 2.75) is 33.1 Å². The highest BCUT2D eigenvalue weighted by Gasteiger charge is 2.11. The van der Waals surface area contributed by atoms with Crippen LogP contribution in [0.25, 0.3) is 10.9 Å². The third-order valence-electron chi connectivity index (χ3n) is 3.32. The Balaban J connectivity index is 2.36. The fraction of sp³-hybridized carbons (Fsp3) is 0.400. The van der Waals surface area contributed by atoms with Gasteiger partial charge in [0.15, 0.2) is 0 Å². The Morgan fingerprint density at radius 3 is 2.78 bits per heavy atom. The lowest BCUT2D eigenvalue weighted by molar-refractivity contribution is 0.0520. The predicted molar refractivity (Wildman–Crippen MR) is 73.0 cm³/mol. The number of carbonyl (C=O) groups is 1. The Kier molecular flexibility index (Phi) is 3.70. The molecule has 3 nitrogen and oxygen atoms in total. The van der Waals surface area contributed by atoms with Crippen LogP contribution in [0, 0.1) is 0 Å². The van der Waals surface area contributed by atoms with E-state index in [0.29, 0.717) is 18.2 Å². The van der Waals surface area contributed by atoms with Gasteiger partial charge in [-0.1, -0.05) is 19.9 Å². The molecule has 0 saturated carbocycles. The van der Waals surface area contributed by atoms with Gasteiger partial charge in [0.2, 0.25) is 0 Å². The number of rotatable bonds is 4. The predicted octanol–water partition coefficient (Wildman–Crippen LogP) is 3.86. The van der Waals surface area contributed by atoms with Gasteiger partial charge in [-0.15, -0.1) is 0 Å². The zero-order chi connectivity index (χ0) is 13.1. The van der Waals surface area contributed by atoms with E-state index in [1.165, 1.54) is 5.56 Å². The van der Waals surface area contributed by atoms with Crippen LogP contribution >= 0.6 is 0 Å². The fourth-order valence-electron chi connectivity index (χ4n) is 2.01. The quantitative estimate of drug-likeness (QED) is 0.831. The van der Waals surface area contributed by atoms with Crippen LogP contribution in [0.4, 0.5) is 0 Å². The first-order valence-electron chi connectivity index (χ1n) is 6.45. The molecule has 0 saturated heterocycles. The summed E-state index contributed by atoms with van der Waals surface area (Å²) in [5.41, 5.74) is 2.80. The van der Waals surface area contributed by atoms with Gasteiger partial charge < -0.3 is 9.72 Å². The van der Waals surface area contributed by atoms with E-state index in [1.54, 1.807) is 0 Å². The van der Waals surface area contributed by atoms with Crippen molar-refractivity contribution >= 4 is 16.9 Å². The molecular weight excluding hydrogens is 226 g/mol. The zero-order valence-electron chi connectivity index (χ0n) is 11.1. The van der Waals surface area contributed by atoms with Gasteiger partial charge in [0.25, 0.3) is 0 Å². The number of benzene rings is 1. The Morgan fingerprint density at radius 1 is 1.33 bits per heavy atom. The molecule has 0 aliphatic carbocycles. The molecule has 0 aliphatic heterocycles. The maximum Gasteiger partial charge on any atom is 0.354 e. The van der Waals surface area contributed by atoms with Gasteiger partial charge in [-0.05, 0) is 43.0 Å². The molecule has 0 bridgehead atoms. The smallest absolute Gasteiger partial charge is 0.354 e. The number of esters is 1. The molecule has 3 heteroatoms. The van der Waals surface area contributed by atoms with Crippen molar-refractivity contribution in [2.75, 3.05) is 6.61 Å². The number of ether oxygens (including phenoxy) is 1. The first-order valence-corrected chi connectivity index (χ1v) is 6.45. The lowest BCUT2D eigenvalue weighted by atomic mass is 9.98. The summed E-state index contributed by atoms with van der Waals surface area (Å²) in [6, 6.07) is 8.14. The van der Waals surface area contributed by atoms with Gasteiger partial charge >= 0.3 is 5.97 Å². The maximum atomic E-state index is 11.6. The van der Waals surface area contributed by atoms with Crippen molar-refractivity contribution in [3.05, 3.63) is 35.5 Å². The van der Waals surface area contributed by atoms with Crippen LogP contribution < -0.4 is 0 Å². The summed E-state index contributed by atoms with van der Waals surface area (Å²) >= 11 is 0. The molecule has 0 radical (unpaired) electrons. The molecular formula is C15H19NO2. The summed E-state index contributed by atoms with van der Waals surface area (Å²) in [7, 11) is 0. The lowest BCUT2D eigenvalue weighted by Crippen LogP contribution is -2.04. The maximum absolute atomic E-state index is 11.6. The number of H-pyrrole nitrogens is 1. The van der Waals surface area contributed by atoms with Crippen molar-refractivity contribution in [3.8, 4) is 0 Å². The molecule has 1 aromatic heterocycles. The molecule has 2 aromatic rings. The van der Waals surface area contributed by atoms with Crippen LogP contribution in [-0.4, -0.2) is 17.6 Å². The van der Waals surface area contributed by atoms with E-state index in [9.17, 15) is 4.79 Å². The van der Waals surface area contributed by atoms with Gasteiger partial charge in [0, 0.05) is 10.9 Å². The van der Waals surface area contributed by atoms with Crippen molar-refractivity contribution in [3.63, 3.8) is 0 Å². The number of nitrogens with one attached hydrogen (secondary N) is 1. The second-order valence-electron chi connectivity index (χ2n) is 4.56. The topological polar surface area (TPSA) is 42.1 Å². The number of hydrogen-bond donors (Lipinski definition) is 1. The van der Waals surface area contributed by atoms with Crippen molar-refractivity contribution in [1.82, 2.24) is 4.98 Å². The molecule has 1 heterocycles. The molecule has 0 unspecified atom stereocenters. The number of aromatic amines is 1. The monoisotopic (exact) mass is 245 g/mol. The summed E-state index contributed by atoms with van der Waals surface area (Å²) in [6.45, 7) is 6.59. The Morgan fingerprint density at radius 2 is 2.11 bits per heavy atom. The van der Waals surface area contributed by atoms with Crippen LogP contribution in [0.15, 0.2) is 24.3 Å². The van der Waals surface area contributed by atoms with E-state index in [4.69, 9.17) is 4.74 Å². The van der Waals surface area contributed by atoms with E-state index < -0.39 is 0 Å². The lowest BCUT2D eigenvalue weighted by Gasteiger charge is -2.08. The summed E-state index contributed by atoms with van der Waals surface area (Å²) in [4.78, 5) is 14.7. The van der Waals surface area contributed by atoms with Crippen molar-refractivity contribution in [2.24, 2.45) is 0 Å². The third-order valence-corrected chi connectivity index (χ3v) is 3.32. The van der Waals surface area contributed by atoms with Gasteiger partial charge in [0.1, 0.15) is 5.69 Å². The molecule has 1 atom stereocenters. The fourth-order valence-corrected chi connectivity index (χ4v) is 2.01. The van der Waals surface area contributed by atoms with Crippen LogP contribution in [0.2, 0.25) is 0 Å². The molecule has 2 rings (SSSR count). The minimum atomic E-state index is -0.293. The highest BCUT2D eigenvalue weighted by atomic mass is 16.5. The number of hydrogen-bond acceptors (Lipinski definition) is 2. The van der Waals surface area contributed by atoms with E-state index in [-0.39, 0.29) is 5.97 Å². The van der Waals surface area contributed by atoms with E-state index in [2.05, 4.69) is 31.0 Å². The van der Waals surface area contributed by atoms with Gasteiger partial charge in [-0.25, -0.2) is 4.79 Å². The normalized spacial score (nSPS) is 12.6. The third kappa shape index (κ3) is 2.40. The number of carbonyl (C=O) groups excluding carboxylic acids is 1. The van der Waals surface area contributed by atoms with E-state index in [1.807, 2.05) is 19.1 Å². The van der Waals surface area contributed by atoms with Crippen LogP contribution in [0.1, 0.15) is 49.2 Å². The van der Waals surface area contributed by atoms with Gasteiger partial charge in [0.05, 0.1) is 6.61 Å². The molecule has 1 aromatic carbocycles. The number of fused-ring (bicyclic) bond motifs is 1. The minimum Gasteiger partial charge on any atom is -0.461 e. The first kappa shape index (κ1) is 12.7. The molecule has 1 N–H and O–H groups in total. The van der Waals surface area contributed by atoms with Gasteiger partial charge in [-0.2, -0.15) is 0 Å². The van der Waals surface area contributed by atoms with Crippen LogP contribution in [0.5, 0.6) is 0 Å². The Bertz CT molecular complexity index is 557. The Hall–Kier alpha value is -1.77. The average Bonchev–Trinajstić information content (AvgIpc) is 2.80. The number of aromatic nitrogens is 1.